The Morgan fingerprint density at radius 1 is 1.12 bits per heavy atom. The number of benzene rings is 2. The van der Waals surface area contributed by atoms with Gasteiger partial charge in [-0.2, -0.15) is 0 Å². The van der Waals surface area contributed by atoms with Gasteiger partial charge in [0.2, 0.25) is 0 Å². The van der Waals surface area contributed by atoms with Crippen LogP contribution in [0.4, 0.5) is 4.79 Å². The van der Waals surface area contributed by atoms with E-state index in [4.69, 9.17) is 18.9 Å². The van der Waals surface area contributed by atoms with Crippen LogP contribution in [0.25, 0.3) is 6.08 Å². The van der Waals surface area contributed by atoms with Crippen molar-refractivity contribution in [2.45, 2.75) is 78.7 Å². The van der Waals surface area contributed by atoms with Crippen molar-refractivity contribution in [1.29, 1.82) is 0 Å². The molecule has 2 amide bonds. The predicted octanol–water partition coefficient (Wildman–Crippen LogP) is 7.36. The second-order valence-corrected chi connectivity index (χ2v) is 12.7. The van der Waals surface area contributed by atoms with Crippen LogP contribution in [0.1, 0.15) is 73.8 Å². The molecule has 0 aliphatic carbocycles. The van der Waals surface area contributed by atoms with Gasteiger partial charge >= 0.3 is 5.97 Å². The van der Waals surface area contributed by atoms with Gasteiger partial charge in [0.1, 0.15) is 29.5 Å². The Morgan fingerprint density at radius 2 is 1.90 bits per heavy atom. The third-order valence-corrected chi connectivity index (χ3v) is 9.00. The highest BCUT2D eigenvalue weighted by atomic mass is 79.9. The SMILES string of the molecule is CCOC(=O)CCCCCOc1c(C)c(C)c2c(c1C)CCC(C)(COc1ccc(/C=C3/SC(=O)NC3=O)cc1Br)O2. The molecule has 4 rings (SSSR count). The summed E-state index contributed by atoms with van der Waals surface area (Å²) < 4.78 is 24.8. The number of fused-ring (bicyclic) bond motifs is 1. The van der Waals surface area contributed by atoms with Crippen molar-refractivity contribution < 1.29 is 33.3 Å². The number of esters is 1. The number of thioether (sulfide) groups is 1. The van der Waals surface area contributed by atoms with E-state index in [0.717, 1.165) is 82.1 Å². The molecular weight excluding hydrogens is 622 g/mol. The molecule has 1 saturated heterocycles. The molecule has 42 heavy (non-hydrogen) atoms. The highest BCUT2D eigenvalue weighted by molar-refractivity contribution is 9.10. The average molecular weight is 661 g/mol. The van der Waals surface area contributed by atoms with E-state index in [-0.39, 0.29) is 17.1 Å². The summed E-state index contributed by atoms with van der Waals surface area (Å²) in [5.74, 6) is 1.99. The summed E-state index contributed by atoms with van der Waals surface area (Å²) in [6.45, 7) is 11.5. The standard InChI is InChI=1S/C32H38BrNO7S/c1-6-38-27(35)10-8-7-9-15-39-28-19(2)20(3)29-23(21(28)4)13-14-32(5,41-29)18-40-25-12-11-22(16-24(25)33)17-26-30(36)34-31(37)42-26/h11-12,16-17H,6-10,13-15,18H2,1-5H3,(H,34,36,37)/b26-17+. The smallest absolute Gasteiger partial charge is 0.305 e. The fourth-order valence-electron chi connectivity index (χ4n) is 5.08. The van der Waals surface area contributed by atoms with E-state index in [9.17, 15) is 14.4 Å². The zero-order valence-corrected chi connectivity index (χ0v) is 27.2. The fraction of sp³-hybridized carbons (Fsp3) is 0.469. The molecule has 1 atom stereocenters. The molecule has 2 heterocycles. The lowest BCUT2D eigenvalue weighted by Crippen LogP contribution is -2.42. The van der Waals surface area contributed by atoms with E-state index in [1.807, 2.05) is 25.1 Å². The second kappa shape index (κ2) is 14.0. The number of hydrogen-bond acceptors (Lipinski definition) is 8. The van der Waals surface area contributed by atoms with E-state index in [0.29, 0.717) is 36.9 Å². The van der Waals surface area contributed by atoms with E-state index in [1.54, 1.807) is 6.08 Å². The molecular formula is C32H38BrNO7S. The molecule has 2 aliphatic rings. The van der Waals surface area contributed by atoms with Crippen molar-refractivity contribution in [2.24, 2.45) is 0 Å². The molecule has 1 fully saturated rings. The van der Waals surface area contributed by atoms with Crippen molar-refractivity contribution in [1.82, 2.24) is 5.32 Å². The van der Waals surface area contributed by atoms with Crippen molar-refractivity contribution in [3.05, 3.63) is 55.4 Å². The van der Waals surface area contributed by atoms with Crippen molar-refractivity contribution >= 4 is 50.9 Å². The Balaban J connectivity index is 1.36. The van der Waals surface area contributed by atoms with Gasteiger partial charge in [0.05, 0.1) is 22.6 Å². The minimum absolute atomic E-state index is 0.138. The van der Waals surface area contributed by atoms with Crippen LogP contribution in [0.3, 0.4) is 0 Å². The number of carbonyl (C=O) groups excluding carboxylic acids is 3. The minimum atomic E-state index is -0.517. The lowest BCUT2D eigenvalue weighted by atomic mass is 9.87. The highest BCUT2D eigenvalue weighted by Gasteiger charge is 2.36. The van der Waals surface area contributed by atoms with E-state index < -0.39 is 5.60 Å². The number of halogens is 1. The van der Waals surface area contributed by atoms with Crippen LogP contribution in [-0.4, -0.2) is 42.5 Å². The normalized spacial score (nSPS) is 18.9. The maximum absolute atomic E-state index is 11.9. The first-order valence-corrected chi connectivity index (χ1v) is 15.9. The molecule has 0 bridgehead atoms. The Morgan fingerprint density at radius 3 is 2.60 bits per heavy atom. The average Bonchev–Trinajstić information content (AvgIpc) is 3.26. The topological polar surface area (TPSA) is 100 Å². The van der Waals surface area contributed by atoms with Gasteiger partial charge in [-0.15, -0.1) is 0 Å². The summed E-state index contributed by atoms with van der Waals surface area (Å²) in [6, 6.07) is 5.55. The maximum Gasteiger partial charge on any atom is 0.305 e. The Kier molecular flexibility index (Phi) is 10.6. The number of amides is 2. The van der Waals surface area contributed by atoms with Crippen LogP contribution in [-0.2, 0) is 20.7 Å². The summed E-state index contributed by atoms with van der Waals surface area (Å²) in [7, 11) is 0. The predicted molar refractivity (Wildman–Crippen MR) is 167 cm³/mol. The number of rotatable bonds is 12. The van der Waals surface area contributed by atoms with E-state index >= 15 is 0 Å². The van der Waals surface area contributed by atoms with Gasteiger partial charge in [-0.1, -0.05) is 6.07 Å². The summed E-state index contributed by atoms with van der Waals surface area (Å²) in [5, 5.41) is 1.90. The molecule has 2 aromatic carbocycles. The molecule has 2 aromatic rings. The van der Waals surface area contributed by atoms with Crippen LogP contribution in [0, 0.1) is 20.8 Å². The Hall–Kier alpha value is -2.98. The molecule has 8 nitrogen and oxygen atoms in total. The Bertz CT molecular complexity index is 1410. The third-order valence-electron chi connectivity index (χ3n) is 7.57. The summed E-state index contributed by atoms with van der Waals surface area (Å²) in [5.41, 5.74) is 4.71. The largest absolute Gasteiger partial charge is 0.493 e. The van der Waals surface area contributed by atoms with Gasteiger partial charge in [-0.3, -0.25) is 19.7 Å². The second-order valence-electron chi connectivity index (χ2n) is 10.9. The number of carbonyl (C=O) groups is 3. The van der Waals surface area contributed by atoms with Crippen molar-refractivity contribution in [2.75, 3.05) is 19.8 Å². The highest BCUT2D eigenvalue weighted by Crippen LogP contribution is 2.44. The first kappa shape index (κ1) is 31.9. The van der Waals surface area contributed by atoms with Gasteiger partial charge in [0.25, 0.3) is 11.1 Å². The molecule has 0 radical (unpaired) electrons. The lowest BCUT2D eigenvalue weighted by Gasteiger charge is -2.38. The lowest BCUT2D eigenvalue weighted by molar-refractivity contribution is -0.143. The number of hydrogen-bond donors (Lipinski definition) is 1. The van der Waals surface area contributed by atoms with Crippen LogP contribution in [0.2, 0.25) is 0 Å². The van der Waals surface area contributed by atoms with Crippen LogP contribution >= 0.6 is 27.7 Å². The van der Waals surface area contributed by atoms with Crippen LogP contribution in [0.5, 0.6) is 17.2 Å². The van der Waals surface area contributed by atoms with Gasteiger partial charge < -0.3 is 18.9 Å². The van der Waals surface area contributed by atoms with E-state index in [1.165, 1.54) is 5.56 Å². The van der Waals surface area contributed by atoms with Crippen LogP contribution in [0.15, 0.2) is 27.6 Å². The Labute approximate surface area is 260 Å². The fourth-order valence-corrected chi connectivity index (χ4v) is 6.28. The van der Waals surface area contributed by atoms with Gasteiger partial charge in [0.15, 0.2) is 0 Å². The first-order chi connectivity index (χ1) is 20.0. The zero-order valence-electron chi connectivity index (χ0n) is 24.8. The molecule has 226 valence electrons. The summed E-state index contributed by atoms with van der Waals surface area (Å²) in [6.07, 6.45) is 6.37. The van der Waals surface area contributed by atoms with Gasteiger partial charge in [-0.25, -0.2) is 0 Å². The first-order valence-electron chi connectivity index (χ1n) is 14.3. The molecule has 2 aliphatic heterocycles. The zero-order chi connectivity index (χ0) is 30.4. The molecule has 0 aromatic heterocycles. The summed E-state index contributed by atoms with van der Waals surface area (Å²) in [4.78, 5) is 35.2. The van der Waals surface area contributed by atoms with Crippen molar-refractivity contribution in [3.63, 3.8) is 0 Å². The number of unbranched alkanes of at least 4 members (excludes halogenated alkanes) is 2. The molecule has 1 unspecified atom stereocenters. The van der Waals surface area contributed by atoms with Crippen molar-refractivity contribution in [3.8, 4) is 17.2 Å². The third kappa shape index (κ3) is 7.69. The summed E-state index contributed by atoms with van der Waals surface area (Å²) >= 11 is 4.46. The molecule has 0 spiro atoms. The number of ether oxygens (including phenoxy) is 4. The van der Waals surface area contributed by atoms with E-state index in [2.05, 4.69) is 48.9 Å². The molecule has 0 saturated carbocycles. The van der Waals surface area contributed by atoms with Crippen LogP contribution < -0.4 is 19.5 Å². The molecule has 10 heteroatoms. The quantitative estimate of drug-likeness (QED) is 0.143. The van der Waals surface area contributed by atoms with Gasteiger partial charge in [0, 0.05) is 12.0 Å². The number of imide groups is 1. The maximum atomic E-state index is 11.9. The van der Waals surface area contributed by atoms with Gasteiger partial charge in [-0.05, 0) is 135 Å². The monoisotopic (exact) mass is 659 g/mol. The molecule has 1 N–H and O–H groups in total. The number of nitrogens with one attached hydrogen (secondary N) is 1. The minimum Gasteiger partial charge on any atom is -0.493 e.